The second-order valence-electron chi connectivity index (χ2n) is 5.71. The van der Waals surface area contributed by atoms with Crippen LogP contribution in [0.5, 0.6) is 0 Å². The third kappa shape index (κ3) is 4.59. The third-order valence-electron chi connectivity index (χ3n) is 3.83. The maximum Gasteiger partial charge on any atom is 0.224 e. The Hall–Kier alpha value is -2.79. The normalized spacial score (nSPS) is 15.7. The lowest BCUT2D eigenvalue weighted by Crippen LogP contribution is -2.14. The predicted molar refractivity (Wildman–Crippen MR) is 94.0 cm³/mol. The van der Waals surface area contributed by atoms with E-state index in [4.69, 9.17) is 0 Å². The van der Waals surface area contributed by atoms with Crippen LogP contribution in [-0.2, 0) is 4.79 Å². The number of nitrogens with one attached hydrogen (secondary N) is 1. The van der Waals surface area contributed by atoms with Crippen molar-refractivity contribution in [2.24, 2.45) is 5.92 Å². The van der Waals surface area contributed by atoms with E-state index in [2.05, 4.69) is 29.3 Å². The minimum atomic E-state index is 0.0646. The molecule has 1 aliphatic carbocycles. The van der Waals surface area contributed by atoms with Gasteiger partial charge >= 0.3 is 0 Å². The van der Waals surface area contributed by atoms with Gasteiger partial charge in [0.05, 0.1) is 0 Å². The van der Waals surface area contributed by atoms with Gasteiger partial charge in [0.1, 0.15) is 0 Å². The summed E-state index contributed by atoms with van der Waals surface area (Å²) in [6.45, 7) is 0. The number of hydrogen-bond acceptors (Lipinski definition) is 1. The van der Waals surface area contributed by atoms with E-state index in [1.54, 1.807) is 0 Å². The maximum atomic E-state index is 12.1. The van der Waals surface area contributed by atoms with Crippen molar-refractivity contribution in [3.63, 3.8) is 0 Å². The second-order valence-corrected chi connectivity index (χ2v) is 5.71. The molecule has 1 unspecified atom stereocenters. The van der Waals surface area contributed by atoms with Crippen LogP contribution in [0.1, 0.15) is 30.4 Å². The molecule has 0 aromatic heterocycles. The molecular formula is C21H19NO. The van der Waals surface area contributed by atoms with Gasteiger partial charge in [0, 0.05) is 23.2 Å². The molecule has 114 valence electrons. The summed E-state index contributed by atoms with van der Waals surface area (Å²) in [5.41, 5.74) is 2.68. The average molecular weight is 301 g/mol. The molecule has 0 radical (unpaired) electrons. The predicted octanol–water partition coefficient (Wildman–Crippen LogP) is 4.38. The van der Waals surface area contributed by atoms with Crippen molar-refractivity contribution in [3.05, 3.63) is 77.9 Å². The van der Waals surface area contributed by atoms with Gasteiger partial charge in [0.2, 0.25) is 5.91 Å². The fourth-order valence-corrected chi connectivity index (χ4v) is 2.66. The zero-order valence-electron chi connectivity index (χ0n) is 13.0. The molecule has 1 N–H and O–H groups in total. The Morgan fingerprint density at radius 2 is 1.83 bits per heavy atom. The Bertz CT molecular complexity index is 765. The third-order valence-corrected chi connectivity index (χ3v) is 3.83. The van der Waals surface area contributed by atoms with Crippen LogP contribution in [0.4, 0.5) is 5.69 Å². The summed E-state index contributed by atoms with van der Waals surface area (Å²) >= 11 is 0. The Kier molecular flexibility index (Phi) is 4.91. The maximum absolute atomic E-state index is 12.1. The SMILES string of the molecule is O=C(CC1C=CCC1)Nc1cccc(C#Cc2ccccc2)c1. The molecule has 2 nitrogen and oxygen atoms in total. The average Bonchev–Trinajstić information content (AvgIpc) is 3.07. The monoisotopic (exact) mass is 301 g/mol. The lowest BCUT2D eigenvalue weighted by atomic mass is 10.0. The van der Waals surface area contributed by atoms with Crippen molar-refractivity contribution in [3.8, 4) is 11.8 Å². The number of rotatable bonds is 3. The van der Waals surface area contributed by atoms with E-state index in [1.165, 1.54) is 0 Å². The van der Waals surface area contributed by atoms with E-state index < -0.39 is 0 Å². The van der Waals surface area contributed by atoms with E-state index in [-0.39, 0.29) is 5.91 Å². The molecule has 0 saturated carbocycles. The number of anilines is 1. The molecule has 2 aromatic carbocycles. The highest BCUT2D eigenvalue weighted by molar-refractivity contribution is 5.91. The van der Waals surface area contributed by atoms with E-state index >= 15 is 0 Å². The zero-order valence-corrected chi connectivity index (χ0v) is 13.0. The molecule has 0 aliphatic heterocycles. The van der Waals surface area contributed by atoms with Gasteiger partial charge in [-0.25, -0.2) is 0 Å². The molecule has 3 rings (SSSR count). The van der Waals surface area contributed by atoms with Gasteiger partial charge in [-0.2, -0.15) is 0 Å². The topological polar surface area (TPSA) is 29.1 Å². The van der Waals surface area contributed by atoms with Crippen LogP contribution in [0, 0.1) is 17.8 Å². The molecule has 2 aromatic rings. The van der Waals surface area contributed by atoms with Crippen LogP contribution in [0.2, 0.25) is 0 Å². The summed E-state index contributed by atoms with van der Waals surface area (Å²) in [6, 6.07) is 17.6. The van der Waals surface area contributed by atoms with Crippen molar-refractivity contribution in [2.45, 2.75) is 19.3 Å². The molecule has 0 heterocycles. The molecule has 1 amide bonds. The summed E-state index contributed by atoms with van der Waals surface area (Å²) in [7, 11) is 0. The molecule has 23 heavy (non-hydrogen) atoms. The quantitative estimate of drug-likeness (QED) is 0.661. The zero-order chi connectivity index (χ0) is 15.9. The minimum absolute atomic E-state index is 0.0646. The van der Waals surface area contributed by atoms with E-state index in [0.717, 1.165) is 29.7 Å². The van der Waals surface area contributed by atoms with Crippen LogP contribution < -0.4 is 5.32 Å². The molecule has 0 spiro atoms. The standard InChI is InChI=1S/C21H19NO/c23-21(16-18-9-4-5-10-18)22-20-12-6-11-19(15-20)14-13-17-7-2-1-3-8-17/h1-4,6-9,11-12,15,18H,5,10,16H2,(H,22,23). The molecule has 2 heteroatoms. The van der Waals surface area contributed by atoms with Gasteiger partial charge in [-0.3, -0.25) is 4.79 Å². The Labute approximate surface area is 137 Å². The lowest BCUT2D eigenvalue weighted by molar-refractivity contribution is -0.116. The van der Waals surface area contributed by atoms with Gasteiger partial charge in [0.15, 0.2) is 0 Å². The minimum Gasteiger partial charge on any atom is -0.326 e. The Morgan fingerprint density at radius 1 is 1.04 bits per heavy atom. The van der Waals surface area contributed by atoms with Crippen LogP contribution >= 0.6 is 0 Å². The number of benzene rings is 2. The summed E-state index contributed by atoms with van der Waals surface area (Å²) in [5, 5.41) is 2.97. The van der Waals surface area contributed by atoms with Crippen molar-refractivity contribution in [1.29, 1.82) is 0 Å². The van der Waals surface area contributed by atoms with Gasteiger partial charge < -0.3 is 5.32 Å². The largest absolute Gasteiger partial charge is 0.326 e. The lowest BCUT2D eigenvalue weighted by Gasteiger charge is -2.08. The first kappa shape index (κ1) is 15.1. The molecule has 0 saturated heterocycles. The van der Waals surface area contributed by atoms with Crippen molar-refractivity contribution < 1.29 is 4.79 Å². The molecule has 1 atom stereocenters. The molecule has 1 aliphatic rings. The van der Waals surface area contributed by atoms with E-state index in [1.807, 2.05) is 54.6 Å². The first-order valence-corrected chi connectivity index (χ1v) is 7.93. The van der Waals surface area contributed by atoms with Gasteiger partial charge in [-0.05, 0) is 49.1 Å². The van der Waals surface area contributed by atoms with Crippen molar-refractivity contribution >= 4 is 11.6 Å². The molecule has 0 fully saturated rings. The smallest absolute Gasteiger partial charge is 0.224 e. The molecule has 0 bridgehead atoms. The van der Waals surface area contributed by atoms with Crippen molar-refractivity contribution in [2.75, 3.05) is 5.32 Å². The Morgan fingerprint density at radius 3 is 2.61 bits per heavy atom. The Balaban J connectivity index is 1.64. The second kappa shape index (κ2) is 7.47. The van der Waals surface area contributed by atoms with Crippen LogP contribution in [0.3, 0.4) is 0 Å². The summed E-state index contributed by atoms with van der Waals surface area (Å²) in [5.74, 6) is 6.71. The first-order valence-electron chi connectivity index (χ1n) is 7.93. The fraction of sp³-hybridized carbons (Fsp3) is 0.190. The van der Waals surface area contributed by atoms with E-state index in [9.17, 15) is 4.79 Å². The number of carbonyl (C=O) groups is 1. The van der Waals surface area contributed by atoms with Crippen molar-refractivity contribution in [1.82, 2.24) is 0 Å². The first-order chi connectivity index (χ1) is 11.3. The number of hydrogen-bond donors (Lipinski definition) is 1. The summed E-state index contributed by atoms with van der Waals surface area (Å²) in [4.78, 5) is 12.1. The molecular weight excluding hydrogens is 282 g/mol. The fourth-order valence-electron chi connectivity index (χ4n) is 2.66. The summed E-state index contributed by atoms with van der Waals surface area (Å²) in [6.07, 6.45) is 7.01. The van der Waals surface area contributed by atoms with Gasteiger partial charge in [0.25, 0.3) is 0 Å². The highest BCUT2D eigenvalue weighted by Crippen LogP contribution is 2.21. The number of amides is 1. The van der Waals surface area contributed by atoms with Crippen LogP contribution in [0.15, 0.2) is 66.7 Å². The van der Waals surface area contributed by atoms with E-state index in [0.29, 0.717) is 12.3 Å². The number of carbonyl (C=O) groups excluding carboxylic acids is 1. The van der Waals surface area contributed by atoms with Crippen LogP contribution in [-0.4, -0.2) is 5.91 Å². The van der Waals surface area contributed by atoms with Crippen LogP contribution in [0.25, 0.3) is 0 Å². The van der Waals surface area contributed by atoms with Gasteiger partial charge in [-0.1, -0.05) is 48.3 Å². The summed E-state index contributed by atoms with van der Waals surface area (Å²) < 4.78 is 0. The highest BCUT2D eigenvalue weighted by atomic mass is 16.1. The highest BCUT2D eigenvalue weighted by Gasteiger charge is 2.13. The number of allylic oxidation sites excluding steroid dienone is 2. The van der Waals surface area contributed by atoms with Gasteiger partial charge in [-0.15, -0.1) is 0 Å².